The van der Waals surface area contributed by atoms with Crippen molar-refractivity contribution in [3.63, 3.8) is 0 Å². The summed E-state index contributed by atoms with van der Waals surface area (Å²) in [5.41, 5.74) is 3.16. The second kappa shape index (κ2) is 10.1. The zero-order valence-corrected chi connectivity index (χ0v) is 19.0. The molecular formula is C26H24FN3O4. The molecule has 2 amide bonds. The maximum Gasteiger partial charge on any atom is 0.323 e. The Bertz CT molecular complexity index is 1330. The summed E-state index contributed by atoms with van der Waals surface area (Å²) in [7, 11) is 3.07. The zero-order chi connectivity index (χ0) is 24.1. The first kappa shape index (κ1) is 22.8. The summed E-state index contributed by atoms with van der Waals surface area (Å²) >= 11 is 0. The van der Waals surface area contributed by atoms with E-state index in [-0.39, 0.29) is 5.82 Å². The second-order valence-electron chi connectivity index (χ2n) is 7.32. The van der Waals surface area contributed by atoms with E-state index in [9.17, 15) is 9.18 Å². The molecule has 0 fully saturated rings. The minimum absolute atomic E-state index is 0.310. The smallest absolute Gasteiger partial charge is 0.323 e. The molecule has 1 aromatic heterocycles. The number of carbonyl (C=O) groups excluding carboxylic acids is 1. The van der Waals surface area contributed by atoms with Crippen molar-refractivity contribution in [3.05, 3.63) is 72.5 Å². The van der Waals surface area contributed by atoms with Gasteiger partial charge in [0.2, 0.25) is 0 Å². The van der Waals surface area contributed by atoms with Crippen molar-refractivity contribution in [2.24, 2.45) is 0 Å². The number of benzene rings is 3. The highest BCUT2D eigenvalue weighted by atomic mass is 19.1. The molecule has 174 valence electrons. The van der Waals surface area contributed by atoms with Gasteiger partial charge in [-0.2, -0.15) is 0 Å². The van der Waals surface area contributed by atoms with Crippen molar-refractivity contribution in [1.82, 2.24) is 4.98 Å². The Morgan fingerprint density at radius 2 is 1.71 bits per heavy atom. The number of urea groups is 1. The fraction of sp³-hybridized carbons (Fsp3) is 0.154. The van der Waals surface area contributed by atoms with E-state index in [2.05, 4.69) is 15.6 Å². The van der Waals surface area contributed by atoms with Gasteiger partial charge in [-0.25, -0.2) is 14.2 Å². The summed E-state index contributed by atoms with van der Waals surface area (Å²) in [6.07, 6.45) is 0. The average Bonchev–Trinajstić information content (AvgIpc) is 2.84. The van der Waals surface area contributed by atoms with Gasteiger partial charge >= 0.3 is 6.03 Å². The molecule has 0 aliphatic heterocycles. The molecule has 0 spiro atoms. The van der Waals surface area contributed by atoms with E-state index in [0.29, 0.717) is 46.4 Å². The van der Waals surface area contributed by atoms with Gasteiger partial charge < -0.3 is 24.8 Å². The number of fused-ring (bicyclic) bond motifs is 1. The minimum atomic E-state index is -0.445. The number of rotatable bonds is 7. The monoisotopic (exact) mass is 461 g/mol. The number of nitrogens with zero attached hydrogens (tertiary/aromatic N) is 1. The van der Waals surface area contributed by atoms with Gasteiger partial charge in [0.25, 0.3) is 0 Å². The Morgan fingerprint density at radius 3 is 2.41 bits per heavy atom. The highest BCUT2D eigenvalue weighted by Crippen LogP contribution is 2.33. The number of hydrogen-bond donors (Lipinski definition) is 2. The van der Waals surface area contributed by atoms with Crippen LogP contribution in [0.2, 0.25) is 0 Å². The predicted octanol–water partition coefficient (Wildman–Crippen LogP) is 6.10. The average molecular weight is 461 g/mol. The van der Waals surface area contributed by atoms with Crippen LogP contribution in [0.4, 0.5) is 20.6 Å². The number of aromatic nitrogens is 1. The topological polar surface area (TPSA) is 81.7 Å². The number of methoxy groups -OCH3 is 2. The lowest BCUT2D eigenvalue weighted by molar-refractivity contribution is 0.262. The summed E-state index contributed by atoms with van der Waals surface area (Å²) < 4.78 is 29.7. The SMILES string of the molecule is CCOc1cc(-c2ccc(F)cc2)nc2ccc(NC(=O)Nc3cc(OC)ccc3OC)cc12. The highest BCUT2D eigenvalue weighted by molar-refractivity contribution is 6.02. The van der Waals surface area contributed by atoms with Crippen molar-refractivity contribution in [3.8, 4) is 28.5 Å². The van der Waals surface area contributed by atoms with Crippen LogP contribution in [0.15, 0.2) is 66.7 Å². The van der Waals surface area contributed by atoms with E-state index in [0.717, 1.165) is 10.9 Å². The normalized spacial score (nSPS) is 10.6. The van der Waals surface area contributed by atoms with E-state index in [1.54, 1.807) is 55.6 Å². The molecule has 0 unspecified atom stereocenters. The third kappa shape index (κ3) is 5.01. The van der Waals surface area contributed by atoms with Gasteiger partial charge in [0, 0.05) is 28.8 Å². The van der Waals surface area contributed by atoms with Gasteiger partial charge in [0.05, 0.1) is 37.7 Å². The Labute approximate surface area is 196 Å². The molecule has 0 radical (unpaired) electrons. The summed E-state index contributed by atoms with van der Waals surface area (Å²) in [4.78, 5) is 17.4. The van der Waals surface area contributed by atoms with Gasteiger partial charge in [-0.15, -0.1) is 0 Å². The number of ether oxygens (including phenoxy) is 3. The molecule has 7 nitrogen and oxygen atoms in total. The molecule has 8 heteroatoms. The molecule has 3 aromatic carbocycles. The number of halogens is 1. The number of carbonyl (C=O) groups is 1. The van der Waals surface area contributed by atoms with Crippen molar-refractivity contribution in [2.75, 3.05) is 31.5 Å². The zero-order valence-electron chi connectivity index (χ0n) is 19.0. The van der Waals surface area contributed by atoms with E-state index in [1.807, 2.05) is 13.0 Å². The minimum Gasteiger partial charge on any atom is -0.497 e. The van der Waals surface area contributed by atoms with Gasteiger partial charge in [0.15, 0.2) is 0 Å². The van der Waals surface area contributed by atoms with Crippen LogP contribution in [0.25, 0.3) is 22.2 Å². The number of anilines is 2. The van der Waals surface area contributed by atoms with Crippen LogP contribution in [-0.2, 0) is 0 Å². The Morgan fingerprint density at radius 1 is 0.912 bits per heavy atom. The van der Waals surface area contributed by atoms with E-state index >= 15 is 0 Å². The first-order chi connectivity index (χ1) is 16.5. The van der Waals surface area contributed by atoms with E-state index in [1.165, 1.54) is 19.2 Å². The number of amides is 2. The maximum atomic E-state index is 13.3. The lowest BCUT2D eigenvalue weighted by Crippen LogP contribution is -2.19. The molecule has 0 atom stereocenters. The first-order valence-electron chi connectivity index (χ1n) is 10.6. The Kier molecular flexibility index (Phi) is 6.77. The van der Waals surface area contributed by atoms with E-state index < -0.39 is 6.03 Å². The standard InChI is InChI=1S/C26H24FN3O4/c1-4-34-25-15-22(16-5-7-17(27)8-6-16)29-21-11-9-18(13-20(21)25)28-26(31)30-23-14-19(32-2)10-12-24(23)33-3/h5-15H,4H2,1-3H3,(H2,28,30,31). The van der Waals surface area contributed by atoms with Gasteiger partial charge in [-0.05, 0) is 61.5 Å². The van der Waals surface area contributed by atoms with Crippen molar-refractivity contribution in [2.45, 2.75) is 6.92 Å². The molecular weight excluding hydrogens is 437 g/mol. The molecule has 0 aliphatic rings. The van der Waals surface area contributed by atoms with Gasteiger partial charge in [-0.3, -0.25) is 0 Å². The van der Waals surface area contributed by atoms with Crippen LogP contribution in [0, 0.1) is 5.82 Å². The Hall–Kier alpha value is -4.33. The van der Waals surface area contributed by atoms with Crippen LogP contribution in [0.1, 0.15) is 6.92 Å². The highest BCUT2D eigenvalue weighted by Gasteiger charge is 2.13. The Balaban J connectivity index is 1.61. The van der Waals surface area contributed by atoms with Crippen LogP contribution in [-0.4, -0.2) is 31.8 Å². The second-order valence-corrected chi connectivity index (χ2v) is 7.32. The summed E-state index contributed by atoms with van der Waals surface area (Å²) in [5.74, 6) is 1.40. The fourth-order valence-electron chi connectivity index (χ4n) is 3.51. The molecule has 4 rings (SSSR count). The molecule has 1 heterocycles. The lowest BCUT2D eigenvalue weighted by atomic mass is 10.1. The van der Waals surface area contributed by atoms with Crippen LogP contribution >= 0.6 is 0 Å². The van der Waals surface area contributed by atoms with Crippen LogP contribution in [0.5, 0.6) is 17.2 Å². The number of pyridine rings is 1. The predicted molar refractivity (Wildman–Crippen MR) is 130 cm³/mol. The first-order valence-corrected chi connectivity index (χ1v) is 10.6. The molecule has 0 bridgehead atoms. The summed E-state index contributed by atoms with van der Waals surface area (Å²) in [6.45, 7) is 2.34. The maximum absolute atomic E-state index is 13.3. The van der Waals surface area contributed by atoms with Crippen LogP contribution in [0.3, 0.4) is 0 Å². The van der Waals surface area contributed by atoms with Gasteiger partial charge in [-0.1, -0.05) is 0 Å². The summed E-state index contributed by atoms with van der Waals surface area (Å²) in [5, 5.41) is 6.34. The number of hydrogen-bond acceptors (Lipinski definition) is 5. The van der Waals surface area contributed by atoms with Crippen molar-refractivity contribution < 1.29 is 23.4 Å². The molecule has 2 N–H and O–H groups in total. The third-order valence-corrected chi connectivity index (χ3v) is 5.12. The van der Waals surface area contributed by atoms with Crippen molar-refractivity contribution in [1.29, 1.82) is 0 Å². The van der Waals surface area contributed by atoms with Crippen molar-refractivity contribution >= 4 is 28.3 Å². The third-order valence-electron chi connectivity index (χ3n) is 5.12. The fourth-order valence-corrected chi connectivity index (χ4v) is 3.51. The lowest BCUT2D eigenvalue weighted by Gasteiger charge is -2.14. The van der Waals surface area contributed by atoms with E-state index in [4.69, 9.17) is 14.2 Å². The largest absolute Gasteiger partial charge is 0.497 e. The van der Waals surface area contributed by atoms with Gasteiger partial charge in [0.1, 0.15) is 23.1 Å². The molecule has 0 aliphatic carbocycles. The van der Waals surface area contributed by atoms with Crippen LogP contribution < -0.4 is 24.8 Å². The summed E-state index contributed by atoms with van der Waals surface area (Å²) in [6, 6.07) is 18.0. The molecule has 0 saturated heterocycles. The molecule has 34 heavy (non-hydrogen) atoms. The molecule has 0 saturated carbocycles. The molecule has 4 aromatic rings. The number of nitrogens with one attached hydrogen (secondary N) is 2. The quantitative estimate of drug-likeness (QED) is 0.348.